The van der Waals surface area contributed by atoms with Crippen molar-refractivity contribution < 1.29 is 0 Å². The third-order valence-corrected chi connectivity index (χ3v) is 2.41. The van der Waals surface area contributed by atoms with E-state index >= 15 is 0 Å². The standard InChI is InChI=1S/C8H7Br2Cl/c9-7-3-6(1-2-11)4-8(10)5-7/h3-5H,1-2H2. The van der Waals surface area contributed by atoms with Gasteiger partial charge in [0.15, 0.2) is 0 Å². The minimum absolute atomic E-state index is 0.670. The van der Waals surface area contributed by atoms with Crippen molar-refractivity contribution in [2.45, 2.75) is 6.42 Å². The first kappa shape index (κ1) is 9.56. The molecule has 0 aliphatic heterocycles. The maximum Gasteiger partial charge on any atom is 0.0263 e. The molecule has 1 aromatic rings. The Morgan fingerprint density at radius 3 is 2.09 bits per heavy atom. The summed E-state index contributed by atoms with van der Waals surface area (Å²) in [5.74, 6) is 0.670. The van der Waals surface area contributed by atoms with Gasteiger partial charge < -0.3 is 0 Å². The Morgan fingerprint density at radius 2 is 1.64 bits per heavy atom. The molecule has 0 aliphatic carbocycles. The largest absolute Gasteiger partial charge is 0.126 e. The first-order valence-electron chi connectivity index (χ1n) is 3.23. The fourth-order valence-electron chi connectivity index (χ4n) is 0.864. The molecular weight excluding hydrogens is 291 g/mol. The summed E-state index contributed by atoms with van der Waals surface area (Å²) in [6, 6.07) is 6.16. The van der Waals surface area contributed by atoms with Crippen LogP contribution >= 0.6 is 43.5 Å². The summed E-state index contributed by atoms with van der Waals surface area (Å²) in [7, 11) is 0. The van der Waals surface area contributed by atoms with Crippen LogP contribution in [0.2, 0.25) is 0 Å². The Balaban J connectivity index is 2.89. The van der Waals surface area contributed by atoms with Crippen molar-refractivity contribution >= 4 is 43.5 Å². The van der Waals surface area contributed by atoms with Crippen LogP contribution in [0.3, 0.4) is 0 Å². The Hall–Kier alpha value is 0.470. The van der Waals surface area contributed by atoms with Crippen LogP contribution in [0.1, 0.15) is 5.56 Å². The SMILES string of the molecule is ClCCc1cc(Br)cc(Br)c1. The highest BCUT2D eigenvalue weighted by atomic mass is 79.9. The van der Waals surface area contributed by atoms with Crippen molar-refractivity contribution in [2.24, 2.45) is 0 Å². The van der Waals surface area contributed by atoms with Crippen molar-refractivity contribution in [3.63, 3.8) is 0 Å². The Bertz CT molecular complexity index is 228. The second kappa shape index (κ2) is 4.48. The molecule has 0 unspecified atom stereocenters. The highest BCUT2D eigenvalue weighted by molar-refractivity contribution is 9.11. The van der Waals surface area contributed by atoms with Crippen LogP contribution in [0, 0.1) is 0 Å². The molecule has 0 fully saturated rings. The summed E-state index contributed by atoms with van der Waals surface area (Å²) < 4.78 is 2.18. The summed E-state index contributed by atoms with van der Waals surface area (Å²) in [5.41, 5.74) is 1.25. The lowest BCUT2D eigenvalue weighted by Gasteiger charge is -1.99. The third-order valence-electron chi connectivity index (χ3n) is 1.31. The van der Waals surface area contributed by atoms with E-state index in [-0.39, 0.29) is 0 Å². The van der Waals surface area contributed by atoms with E-state index in [9.17, 15) is 0 Å². The van der Waals surface area contributed by atoms with Gasteiger partial charge in [0.05, 0.1) is 0 Å². The Labute approximate surface area is 88.2 Å². The molecule has 0 radical (unpaired) electrons. The average molecular weight is 298 g/mol. The number of rotatable bonds is 2. The van der Waals surface area contributed by atoms with Crippen molar-refractivity contribution in [2.75, 3.05) is 5.88 Å². The van der Waals surface area contributed by atoms with Crippen LogP contribution in [-0.4, -0.2) is 5.88 Å². The second-order valence-electron chi connectivity index (χ2n) is 2.22. The molecule has 0 saturated heterocycles. The number of hydrogen-bond donors (Lipinski definition) is 0. The quantitative estimate of drug-likeness (QED) is 0.724. The third kappa shape index (κ3) is 3.14. The van der Waals surface area contributed by atoms with Crippen molar-refractivity contribution in [3.8, 4) is 0 Å². The predicted molar refractivity (Wildman–Crippen MR) is 56.3 cm³/mol. The van der Waals surface area contributed by atoms with E-state index in [0.29, 0.717) is 5.88 Å². The van der Waals surface area contributed by atoms with Crippen LogP contribution in [-0.2, 0) is 6.42 Å². The van der Waals surface area contributed by atoms with E-state index in [2.05, 4.69) is 44.0 Å². The fraction of sp³-hybridized carbons (Fsp3) is 0.250. The highest BCUT2D eigenvalue weighted by Gasteiger charge is 1.95. The molecule has 60 valence electrons. The molecule has 0 bridgehead atoms. The average Bonchev–Trinajstić information content (AvgIpc) is 1.85. The normalized spacial score (nSPS) is 10.1. The Morgan fingerprint density at radius 1 is 1.09 bits per heavy atom. The molecule has 1 aromatic carbocycles. The van der Waals surface area contributed by atoms with Gasteiger partial charge in [0.2, 0.25) is 0 Å². The minimum atomic E-state index is 0.670. The van der Waals surface area contributed by atoms with E-state index in [1.807, 2.05) is 6.07 Å². The van der Waals surface area contributed by atoms with Gasteiger partial charge >= 0.3 is 0 Å². The molecule has 0 atom stereocenters. The molecule has 0 nitrogen and oxygen atoms in total. The molecule has 1 rings (SSSR count). The summed E-state index contributed by atoms with van der Waals surface area (Å²) >= 11 is 12.4. The van der Waals surface area contributed by atoms with Crippen molar-refractivity contribution in [1.82, 2.24) is 0 Å². The number of hydrogen-bond acceptors (Lipinski definition) is 0. The second-order valence-corrected chi connectivity index (χ2v) is 4.43. The lowest BCUT2D eigenvalue weighted by molar-refractivity contribution is 1.14. The van der Waals surface area contributed by atoms with Crippen LogP contribution < -0.4 is 0 Å². The number of benzene rings is 1. The van der Waals surface area contributed by atoms with Gasteiger partial charge in [-0.1, -0.05) is 31.9 Å². The summed E-state index contributed by atoms with van der Waals surface area (Å²) in [6.07, 6.45) is 0.916. The topological polar surface area (TPSA) is 0 Å². The zero-order valence-corrected chi connectivity index (χ0v) is 9.71. The van der Waals surface area contributed by atoms with Gasteiger partial charge in [-0.05, 0) is 30.2 Å². The predicted octanol–water partition coefficient (Wildman–Crippen LogP) is 3.99. The first-order valence-corrected chi connectivity index (χ1v) is 5.35. The zero-order chi connectivity index (χ0) is 8.27. The summed E-state index contributed by atoms with van der Waals surface area (Å²) in [6.45, 7) is 0. The van der Waals surface area contributed by atoms with Crippen LogP contribution in [0.25, 0.3) is 0 Å². The van der Waals surface area contributed by atoms with Gasteiger partial charge in [-0.15, -0.1) is 11.6 Å². The van der Waals surface area contributed by atoms with Crippen molar-refractivity contribution in [3.05, 3.63) is 32.7 Å². The maximum atomic E-state index is 5.61. The van der Waals surface area contributed by atoms with Gasteiger partial charge in [0.25, 0.3) is 0 Å². The lowest BCUT2D eigenvalue weighted by atomic mass is 10.2. The molecule has 0 N–H and O–H groups in total. The minimum Gasteiger partial charge on any atom is -0.126 e. The van der Waals surface area contributed by atoms with Crippen LogP contribution in [0.5, 0.6) is 0 Å². The molecule has 11 heavy (non-hydrogen) atoms. The van der Waals surface area contributed by atoms with Gasteiger partial charge in [-0.25, -0.2) is 0 Å². The first-order chi connectivity index (χ1) is 5.22. The van der Waals surface area contributed by atoms with E-state index in [4.69, 9.17) is 11.6 Å². The molecule has 0 amide bonds. The summed E-state index contributed by atoms with van der Waals surface area (Å²) in [5, 5.41) is 0. The highest BCUT2D eigenvalue weighted by Crippen LogP contribution is 2.20. The maximum absolute atomic E-state index is 5.61. The van der Waals surface area contributed by atoms with Crippen LogP contribution in [0.4, 0.5) is 0 Å². The van der Waals surface area contributed by atoms with Crippen molar-refractivity contribution in [1.29, 1.82) is 0 Å². The molecule has 0 aliphatic rings. The van der Waals surface area contributed by atoms with Gasteiger partial charge in [-0.3, -0.25) is 0 Å². The smallest absolute Gasteiger partial charge is 0.0263 e. The van der Waals surface area contributed by atoms with Gasteiger partial charge in [0, 0.05) is 14.8 Å². The zero-order valence-electron chi connectivity index (χ0n) is 5.78. The van der Waals surface area contributed by atoms with Gasteiger partial charge in [0.1, 0.15) is 0 Å². The molecular formula is C8H7Br2Cl. The molecule has 3 heteroatoms. The number of alkyl halides is 1. The molecule has 0 heterocycles. The number of aryl methyl sites for hydroxylation is 1. The lowest BCUT2D eigenvalue weighted by Crippen LogP contribution is -1.85. The number of halogens is 3. The molecule has 0 aromatic heterocycles. The van der Waals surface area contributed by atoms with Gasteiger partial charge in [-0.2, -0.15) is 0 Å². The summed E-state index contributed by atoms with van der Waals surface area (Å²) in [4.78, 5) is 0. The molecule has 0 spiro atoms. The molecule has 0 saturated carbocycles. The fourth-order valence-corrected chi connectivity index (χ4v) is 2.47. The van der Waals surface area contributed by atoms with E-state index in [0.717, 1.165) is 15.4 Å². The van der Waals surface area contributed by atoms with E-state index < -0.39 is 0 Å². The Kier molecular flexibility index (Phi) is 3.90. The monoisotopic (exact) mass is 296 g/mol. The van der Waals surface area contributed by atoms with E-state index in [1.165, 1.54) is 5.56 Å². The van der Waals surface area contributed by atoms with Crippen LogP contribution in [0.15, 0.2) is 27.1 Å². The van der Waals surface area contributed by atoms with E-state index in [1.54, 1.807) is 0 Å².